The molecule has 2 heterocycles. The van der Waals surface area contributed by atoms with Crippen LogP contribution in [-0.4, -0.2) is 29.6 Å². The van der Waals surface area contributed by atoms with Crippen molar-refractivity contribution >= 4 is 11.8 Å². The highest BCUT2D eigenvalue weighted by Gasteiger charge is 2.13. The van der Waals surface area contributed by atoms with E-state index < -0.39 is 0 Å². The lowest BCUT2D eigenvalue weighted by Gasteiger charge is -2.16. The number of nitrogens with zero attached hydrogens (tertiary/aromatic N) is 3. The molecule has 0 unspecified atom stereocenters. The quantitative estimate of drug-likeness (QED) is 0.788. The Hall–Kier alpha value is -1.32. The fraction of sp³-hybridized carbons (Fsp3) is 0.600. The summed E-state index contributed by atoms with van der Waals surface area (Å²) in [5, 5.41) is 3.12. The standard InChI is InChI=1S/C10H16N4/c1-2-11-10-12-6-5-9(13-10)14-7-3-4-8-14/h5-6H,2-4,7-8H2,1H3,(H,11,12,13). The maximum atomic E-state index is 4.45. The fourth-order valence-electron chi connectivity index (χ4n) is 1.71. The summed E-state index contributed by atoms with van der Waals surface area (Å²) in [6.07, 6.45) is 4.37. The van der Waals surface area contributed by atoms with Crippen molar-refractivity contribution in [2.24, 2.45) is 0 Å². The van der Waals surface area contributed by atoms with Gasteiger partial charge in [-0.1, -0.05) is 0 Å². The molecule has 0 bridgehead atoms. The predicted molar refractivity (Wildman–Crippen MR) is 57.6 cm³/mol. The van der Waals surface area contributed by atoms with Gasteiger partial charge in [0, 0.05) is 25.8 Å². The number of hydrogen-bond acceptors (Lipinski definition) is 4. The fourth-order valence-corrected chi connectivity index (χ4v) is 1.71. The van der Waals surface area contributed by atoms with E-state index in [0.29, 0.717) is 0 Å². The van der Waals surface area contributed by atoms with Crippen molar-refractivity contribution in [1.29, 1.82) is 0 Å². The highest BCUT2D eigenvalue weighted by Crippen LogP contribution is 2.17. The van der Waals surface area contributed by atoms with E-state index in [1.165, 1.54) is 12.8 Å². The van der Waals surface area contributed by atoms with Crippen LogP contribution in [0.2, 0.25) is 0 Å². The maximum absolute atomic E-state index is 4.45. The predicted octanol–water partition coefficient (Wildman–Crippen LogP) is 1.51. The van der Waals surface area contributed by atoms with Gasteiger partial charge in [-0.15, -0.1) is 0 Å². The second-order valence-corrected chi connectivity index (χ2v) is 3.46. The Morgan fingerprint density at radius 1 is 1.43 bits per heavy atom. The van der Waals surface area contributed by atoms with Gasteiger partial charge >= 0.3 is 0 Å². The Morgan fingerprint density at radius 2 is 2.21 bits per heavy atom. The molecule has 4 heteroatoms. The third-order valence-electron chi connectivity index (χ3n) is 2.41. The molecule has 0 atom stereocenters. The summed E-state index contributed by atoms with van der Waals surface area (Å²) in [7, 11) is 0. The highest BCUT2D eigenvalue weighted by molar-refractivity contribution is 5.43. The van der Waals surface area contributed by atoms with Crippen LogP contribution in [0.1, 0.15) is 19.8 Å². The lowest BCUT2D eigenvalue weighted by Crippen LogP contribution is -2.19. The molecular weight excluding hydrogens is 176 g/mol. The molecule has 1 saturated heterocycles. The zero-order valence-corrected chi connectivity index (χ0v) is 8.53. The van der Waals surface area contributed by atoms with Crippen LogP contribution in [0, 0.1) is 0 Å². The van der Waals surface area contributed by atoms with Crippen molar-refractivity contribution in [2.45, 2.75) is 19.8 Å². The van der Waals surface area contributed by atoms with Crippen LogP contribution in [0.25, 0.3) is 0 Å². The van der Waals surface area contributed by atoms with E-state index in [4.69, 9.17) is 0 Å². The van der Waals surface area contributed by atoms with Crippen LogP contribution in [0.4, 0.5) is 11.8 Å². The van der Waals surface area contributed by atoms with E-state index in [1.54, 1.807) is 0 Å². The molecule has 0 aliphatic carbocycles. The lowest BCUT2D eigenvalue weighted by molar-refractivity contribution is 0.925. The Bertz CT molecular complexity index is 294. The molecule has 0 saturated carbocycles. The van der Waals surface area contributed by atoms with E-state index in [0.717, 1.165) is 31.4 Å². The van der Waals surface area contributed by atoms with Crippen LogP contribution in [-0.2, 0) is 0 Å². The summed E-state index contributed by atoms with van der Waals surface area (Å²) in [4.78, 5) is 10.9. The molecule has 1 N–H and O–H groups in total. The van der Waals surface area contributed by atoms with Gasteiger partial charge in [-0.3, -0.25) is 0 Å². The van der Waals surface area contributed by atoms with Crippen LogP contribution >= 0.6 is 0 Å². The lowest BCUT2D eigenvalue weighted by atomic mass is 10.4. The average Bonchev–Trinajstić information content (AvgIpc) is 2.71. The first-order chi connectivity index (χ1) is 6.90. The first-order valence-corrected chi connectivity index (χ1v) is 5.22. The van der Waals surface area contributed by atoms with Crippen LogP contribution in [0.3, 0.4) is 0 Å². The second-order valence-electron chi connectivity index (χ2n) is 3.46. The third-order valence-corrected chi connectivity index (χ3v) is 2.41. The van der Waals surface area contributed by atoms with Gasteiger partial charge in [0.05, 0.1) is 0 Å². The molecule has 4 nitrogen and oxygen atoms in total. The Kier molecular flexibility index (Phi) is 2.81. The topological polar surface area (TPSA) is 41.1 Å². The van der Waals surface area contributed by atoms with E-state index in [2.05, 4.69) is 20.2 Å². The van der Waals surface area contributed by atoms with Gasteiger partial charge in [0.2, 0.25) is 5.95 Å². The molecule has 0 amide bonds. The minimum absolute atomic E-state index is 0.733. The summed E-state index contributed by atoms with van der Waals surface area (Å²) in [5.74, 6) is 1.78. The third kappa shape index (κ3) is 1.95. The Morgan fingerprint density at radius 3 is 2.93 bits per heavy atom. The Balaban J connectivity index is 2.12. The van der Waals surface area contributed by atoms with E-state index in [9.17, 15) is 0 Å². The number of anilines is 2. The molecule has 1 fully saturated rings. The summed E-state index contributed by atoms with van der Waals surface area (Å²) in [5.41, 5.74) is 0. The summed E-state index contributed by atoms with van der Waals surface area (Å²) in [6.45, 7) is 5.17. The highest BCUT2D eigenvalue weighted by atomic mass is 15.2. The zero-order valence-electron chi connectivity index (χ0n) is 8.53. The van der Waals surface area contributed by atoms with Crippen molar-refractivity contribution in [3.63, 3.8) is 0 Å². The van der Waals surface area contributed by atoms with E-state index in [-0.39, 0.29) is 0 Å². The van der Waals surface area contributed by atoms with Crippen molar-refractivity contribution in [3.05, 3.63) is 12.3 Å². The number of hydrogen-bond donors (Lipinski definition) is 1. The molecule has 14 heavy (non-hydrogen) atoms. The smallest absolute Gasteiger partial charge is 0.224 e. The summed E-state index contributed by atoms with van der Waals surface area (Å²) in [6, 6.07) is 1.98. The molecule has 1 aromatic rings. The minimum atomic E-state index is 0.733. The Labute approximate surface area is 84.4 Å². The van der Waals surface area contributed by atoms with Gasteiger partial charge in [-0.05, 0) is 25.8 Å². The number of aromatic nitrogens is 2. The molecule has 0 aromatic carbocycles. The van der Waals surface area contributed by atoms with Crippen molar-refractivity contribution in [3.8, 4) is 0 Å². The van der Waals surface area contributed by atoms with Gasteiger partial charge in [0.25, 0.3) is 0 Å². The first-order valence-electron chi connectivity index (χ1n) is 5.22. The molecule has 2 rings (SSSR count). The van der Waals surface area contributed by atoms with Crippen LogP contribution in [0.15, 0.2) is 12.3 Å². The summed E-state index contributed by atoms with van der Waals surface area (Å²) < 4.78 is 0. The van der Waals surface area contributed by atoms with E-state index >= 15 is 0 Å². The molecule has 1 aliphatic rings. The van der Waals surface area contributed by atoms with E-state index in [1.807, 2.05) is 19.2 Å². The van der Waals surface area contributed by atoms with Crippen molar-refractivity contribution in [1.82, 2.24) is 9.97 Å². The van der Waals surface area contributed by atoms with Gasteiger partial charge in [0.1, 0.15) is 5.82 Å². The van der Waals surface area contributed by atoms with Crippen molar-refractivity contribution < 1.29 is 0 Å². The van der Waals surface area contributed by atoms with Gasteiger partial charge in [-0.2, -0.15) is 4.98 Å². The van der Waals surface area contributed by atoms with Crippen LogP contribution in [0.5, 0.6) is 0 Å². The summed E-state index contributed by atoms with van der Waals surface area (Å²) >= 11 is 0. The molecular formula is C10H16N4. The molecule has 1 aromatic heterocycles. The zero-order chi connectivity index (χ0) is 9.80. The SMILES string of the molecule is CCNc1nccc(N2CCCC2)n1. The second kappa shape index (κ2) is 4.26. The molecule has 0 radical (unpaired) electrons. The largest absolute Gasteiger partial charge is 0.356 e. The average molecular weight is 192 g/mol. The number of nitrogens with one attached hydrogen (secondary N) is 1. The molecule has 1 aliphatic heterocycles. The van der Waals surface area contributed by atoms with Crippen molar-refractivity contribution in [2.75, 3.05) is 29.9 Å². The maximum Gasteiger partial charge on any atom is 0.224 e. The van der Waals surface area contributed by atoms with Gasteiger partial charge in [0.15, 0.2) is 0 Å². The van der Waals surface area contributed by atoms with Crippen LogP contribution < -0.4 is 10.2 Å². The monoisotopic (exact) mass is 192 g/mol. The molecule has 76 valence electrons. The normalized spacial score (nSPS) is 15.9. The number of rotatable bonds is 3. The van der Waals surface area contributed by atoms with Gasteiger partial charge in [-0.25, -0.2) is 4.98 Å². The first kappa shape index (κ1) is 9.24. The minimum Gasteiger partial charge on any atom is -0.356 e. The molecule has 0 spiro atoms. The van der Waals surface area contributed by atoms with Gasteiger partial charge < -0.3 is 10.2 Å².